The third-order valence-corrected chi connectivity index (χ3v) is 2.62. The van der Waals surface area contributed by atoms with Crippen molar-refractivity contribution in [3.8, 4) is 0 Å². The highest BCUT2D eigenvalue weighted by atomic mass is 35.5. The fourth-order valence-electron chi connectivity index (χ4n) is 1.52. The van der Waals surface area contributed by atoms with Gasteiger partial charge in [-0.3, -0.25) is 4.79 Å². The van der Waals surface area contributed by atoms with Gasteiger partial charge in [0.15, 0.2) is 5.78 Å². The van der Waals surface area contributed by atoms with E-state index in [2.05, 4.69) is 0 Å². The molecule has 90 valence electrons. The number of ketones is 1. The van der Waals surface area contributed by atoms with E-state index in [0.717, 1.165) is 0 Å². The highest BCUT2D eigenvalue weighted by Crippen LogP contribution is 2.12. The summed E-state index contributed by atoms with van der Waals surface area (Å²) in [4.78, 5) is 11.8. The Hall–Kier alpha value is -1.93. The van der Waals surface area contributed by atoms with Gasteiger partial charge in [0.25, 0.3) is 0 Å². The minimum absolute atomic E-state index is 0.165. The van der Waals surface area contributed by atoms with Gasteiger partial charge < -0.3 is 0 Å². The van der Waals surface area contributed by atoms with Crippen LogP contribution in [0.3, 0.4) is 0 Å². The molecule has 0 unspecified atom stereocenters. The van der Waals surface area contributed by atoms with Crippen molar-refractivity contribution in [2.75, 3.05) is 0 Å². The molecule has 3 heteroatoms. The Kier molecular flexibility index (Phi) is 3.90. The maximum Gasteiger partial charge on any atom is 0.185 e. The van der Waals surface area contributed by atoms with Gasteiger partial charge in [-0.25, -0.2) is 4.39 Å². The Morgan fingerprint density at radius 1 is 1.11 bits per heavy atom. The van der Waals surface area contributed by atoms with Crippen molar-refractivity contribution in [3.05, 3.63) is 76.6 Å². The molecule has 0 fully saturated rings. The van der Waals surface area contributed by atoms with E-state index in [9.17, 15) is 9.18 Å². The molecule has 0 saturated heterocycles. The van der Waals surface area contributed by atoms with Crippen molar-refractivity contribution in [1.82, 2.24) is 0 Å². The maximum atomic E-state index is 12.9. The van der Waals surface area contributed by atoms with Gasteiger partial charge in [0.1, 0.15) is 5.82 Å². The summed E-state index contributed by atoms with van der Waals surface area (Å²) in [5, 5.41) is 0.514. The molecule has 0 aliphatic rings. The first-order valence-corrected chi connectivity index (χ1v) is 5.76. The molecule has 0 atom stereocenters. The molecule has 0 aliphatic heterocycles. The lowest BCUT2D eigenvalue weighted by Gasteiger charge is -1.97. The minimum Gasteiger partial charge on any atom is -0.289 e. The molecule has 0 amide bonds. The van der Waals surface area contributed by atoms with Gasteiger partial charge in [0, 0.05) is 10.6 Å². The standard InChI is InChI=1S/C15H10ClFO/c16-13-5-2-4-12(10-13)15(18)8-7-11-3-1-6-14(17)9-11/h1-10H. The quantitative estimate of drug-likeness (QED) is 0.591. The van der Waals surface area contributed by atoms with E-state index in [4.69, 9.17) is 11.6 Å². The molecule has 0 spiro atoms. The molecule has 0 aliphatic carbocycles. The van der Waals surface area contributed by atoms with Gasteiger partial charge in [-0.05, 0) is 35.9 Å². The molecule has 0 radical (unpaired) electrons. The highest BCUT2D eigenvalue weighted by molar-refractivity contribution is 6.31. The fraction of sp³-hybridized carbons (Fsp3) is 0. The lowest BCUT2D eigenvalue weighted by molar-refractivity contribution is 0.104. The van der Waals surface area contributed by atoms with E-state index in [1.165, 1.54) is 18.2 Å². The largest absolute Gasteiger partial charge is 0.289 e. The average Bonchev–Trinajstić information content (AvgIpc) is 2.36. The van der Waals surface area contributed by atoms with Gasteiger partial charge in [-0.2, -0.15) is 0 Å². The van der Waals surface area contributed by atoms with E-state index < -0.39 is 0 Å². The van der Waals surface area contributed by atoms with Crippen molar-refractivity contribution < 1.29 is 9.18 Å². The zero-order valence-corrected chi connectivity index (χ0v) is 10.2. The lowest BCUT2D eigenvalue weighted by atomic mass is 10.1. The van der Waals surface area contributed by atoms with Crippen LogP contribution in [0.4, 0.5) is 4.39 Å². The highest BCUT2D eigenvalue weighted by Gasteiger charge is 2.01. The summed E-state index contributed by atoms with van der Waals surface area (Å²) in [5.41, 5.74) is 1.15. The van der Waals surface area contributed by atoms with Crippen molar-refractivity contribution in [2.24, 2.45) is 0 Å². The Morgan fingerprint density at radius 2 is 1.89 bits per heavy atom. The van der Waals surface area contributed by atoms with E-state index in [1.807, 2.05) is 0 Å². The topological polar surface area (TPSA) is 17.1 Å². The number of hydrogen-bond donors (Lipinski definition) is 0. The molecule has 18 heavy (non-hydrogen) atoms. The second kappa shape index (κ2) is 5.61. The summed E-state index contributed by atoms with van der Waals surface area (Å²) >= 11 is 5.80. The maximum absolute atomic E-state index is 12.9. The van der Waals surface area contributed by atoms with Crippen LogP contribution in [0, 0.1) is 5.82 Å². The first-order valence-electron chi connectivity index (χ1n) is 5.39. The summed E-state index contributed by atoms with van der Waals surface area (Å²) in [6.07, 6.45) is 2.98. The average molecular weight is 261 g/mol. The van der Waals surface area contributed by atoms with Crippen LogP contribution in [0.1, 0.15) is 15.9 Å². The minimum atomic E-state index is -0.327. The molecule has 0 bridgehead atoms. The molecule has 0 aromatic heterocycles. The number of allylic oxidation sites excluding steroid dienone is 1. The molecule has 0 heterocycles. The SMILES string of the molecule is O=C(C=Cc1cccc(F)c1)c1cccc(Cl)c1. The second-order valence-electron chi connectivity index (χ2n) is 3.76. The van der Waals surface area contributed by atoms with Gasteiger partial charge in [0.2, 0.25) is 0 Å². The number of benzene rings is 2. The summed E-state index contributed by atoms with van der Waals surface area (Å²) in [5.74, 6) is -0.492. The Balaban J connectivity index is 2.17. The van der Waals surface area contributed by atoms with Crippen LogP contribution in [0.2, 0.25) is 5.02 Å². The number of halogens is 2. The second-order valence-corrected chi connectivity index (χ2v) is 4.20. The molecule has 2 aromatic rings. The zero-order chi connectivity index (χ0) is 13.0. The summed E-state index contributed by atoms with van der Waals surface area (Å²) in [7, 11) is 0. The van der Waals surface area contributed by atoms with E-state index in [0.29, 0.717) is 16.1 Å². The molecule has 0 saturated carbocycles. The van der Waals surface area contributed by atoms with Crippen LogP contribution in [-0.4, -0.2) is 5.78 Å². The smallest absolute Gasteiger partial charge is 0.185 e. The Bertz CT molecular complexity index is 605. The number of carbonyl (C=O) groups is 1. The molecule has 0 N–H and O–H groups in total. The van der Waals surface area contributed by atoms with Crippen LogP contribution in [0.15, 0.2) is 54.6 Å². The first kappa shape index (κ1) is 12.5. The van der Waals surface area contributed by atoms with Crippen LogP contribution in [-0.2, 0) is 0 Å². The zero-order valence-electron chi connectivity index (χ0n) is 9.44. The fourth-order valence-corrected chi connectivity index (χ4v) is 1.71. The summed E-state index contributed by atoms with van der Waals surface area (Å²) in [6, 6.07) is 12.7. The normalized spacial score (nSPS) is 10.8. The van der Waals surface area contributed by atoms with Crippen molar-refractivity contribution in [3.63, 3.8) is 0 Å². The van der Waals surface area contributed by atoms with Crippen molar-refractivity contribution >= 4 is 23.5 Å². The predicted octanol–water partition coefficient (Wildman–Crippen LogP) is 4.38. The number of carbonyl (C=O) groups excluding carboxylic acids is 1. The lowest BCUT2D eigenvalue weighted by Crippen LogP contribution is -1.93. The van der Waals surface area contributed by atoms with Gasteiger partial charge >= 0.3 is 0 Å². The number of rotatable bonds is 3. The summed E-state index contributed by atoms with van der Waals surface area (Å²) in [6.45, 7) is 0. The molecule has 2 rings (SSSR count). The van der Waals surface area contributed by atoms with E-state index >= 15 is 0 Å². The van der Waals surface area contributed by atoms with Crippen LogP contribution >= 0.6 is 11.6 Å². The third kappa shape index (κ3) is 3.28. The van der Waals surface area contributed by atoms with E-state index in [1.54, 1.807) is 42.5 Å². The van der Waals surface area contributed by atoms with Crippen LogP contribution in [0.5, 0.6) is 0 Å². The third-order valence-electron chi connectivity index (χ3n) is 2.38. The number of hydrogen-bond acceptors (Lipinski definition) is 1. The van der Waals surface area contributed by atoms with Crippen molar-refractivity contribution in [1.29, 1.82) is 0 Å². The Labute approximate surface area is 110 Å². The monoisotopic (exact) mass is 260 g/mol. The van der Waals surface area contributed by atoms with Gasteiger partial charge in [0.05, 0.1) is 0 Å². The summed E-state index contributed by atoms with van der Waals surface area (Å²) < 4.78 is 12.9. The van der Waals surface area contributed by atoms with Gasteiger partial charge in [-0.15, -0.1) is 0 Å². The van der Waals surface area contributed by atoms with Crippen LogP contribution < -0.4 is 0 Å². The van der Waals surface area contributed by atoms with Crippen LogP contribution in [0.25, 0.3) is 6.08 Å². The molecule has 2 aromatic carbocycles. The predicted molar refractivity (Wildman–Crippen MR) is 71.2 cm³/mol. The Morgan fingerprint density at radius 3 is 2.61 bits per heavy atom. The molecular weight excluding hydrogens is 251 g/mol. The molecule has 1 nitrogen and oxygen atoms in total. The molecular formula is C15H10ClFO. The van der Waals surface area contributed by atoms with E-state index in [-0.39, 0.29) is 11.6 Å². The van der Waals surface area contributed by atoms with Crippen molar-refractivity contribution in [2.45, 2.75) is 0 Å². The first-order chi connectivity index (χ1) is 8.65. The van der Waals surface area contributed by atoms with Gasteiger partial charge in [-0.1, -0.05) is 41.9 Å².